The molecule has 0 saturated carbocycles. The monoisotopic (exact) mass is 575 g/mol. The third kappa shape index (κ3) is 9.65. The van der Waals surface area contributed by atoms with Gasteiger partial charge >= 0.3 is 33.2 Å². The molecule has 176 valence electrons. The van der Waals surface area contributed by atoms with E-state index in [1.165, 1.54) is 32.7 Å². The van der Waals surface area contributed by atoms with Gasteiger partial charge in [0, 0.05) is 52.6 Å². The van der Waals surface area contributed by atoms with Crippen molar-refractivity contribution in [3.63, 3.8) is 0 Å². The number of hydrogen-bond acceptors (Lipinski definition) is 4. The predicted octanol–water partition coefficient (Wildman–Crippen LogP) is 0.895. The van der Waals surface area contributed by atoms with Gasteiger partial charge in [-0.05, 0) is 36.4 Å². The number of rotatable bonds is 0. The van der Waals surface area contributed by atoms with Crippen molar-refractivity contribution in [2.45, 2.75) is 0 Å². The van der Waals surface area contributed by atoms with Gasteiger partial charge in [0.15, 0.2) is 18.6 Å². The molecular weight excluding hydrogens is 552 g/mol. The van der Waals surface area contributed by atoms with Gasteiger partial charge in [0.1, 0.15) is 0 Å². The molecule has 0 radical (unpaired) electrons. The summed E-state index contributed by atoms with van der Waals surface area (Å²) in [5.74, 6) is 0. The summed E-state index contributed by atoms with van der Waals surface area (Å²) in [5.41, 5.74) is 3.56. The Hall–Kier alpha value is -3.61. The Balaban J connectivity index is 0.000000134. The number of hydrogen-bond donors (Lipinski definition) is 0. The van der Waals surface area contributed by atoms with Gasteiger partial charge in [-0.2, -0.15) is 0 Å². The van der Waals surface area contributed by atoms with E-state index >= 15 is 0 Å². The molecule has 0 aliphatic heterocycles. The second-order valence-electron chi connectivity index (χ2n) is 7.22. The van der Waals surface area contributed by atoms with Crippen molar-refractivity contribution in [3.05, 3.63) is 128 Å². The number of aromatic amines is 3. The largest absolute Gasteiger partial charge is 0.211 e. The summed E-state index contributed by atoms with van der Waals surface area (Å²) in [6.45, 7) is 0. The maximum atomic E-state index is 8.64. The summed E-state index contributed by atoms with van der Waals surface area (Å²) < 4.78 is 34.6. The first-order valence-corrected chi connectivity index (χ1v) is 14.9. The van der Waals surface area contributed by atoms with Crippen LogP contribution in [0.25, 0.3) is 32.7 Å². The Kier molecular flexibility index (Phi) is 9.90. The standard InChI is InChI=1S/3C9H7N.4O.Sb/c3*1-2-6-9-8(4-1)5-3-7-10-9;;;;;/h3*1-7H;;;;;/q;;;;3*-1;/p+3. The van der Waals surface area contributed by atoms with Crippen LogP contribution in [0, 0.1) is 0 Å². The number of nitrogens with one attached hydrogen (secondary N) is 3. The van der Waals surface area contributed by atoms with E-state index in [0.29, 0.717) is 0 Å². The van der Waals surface area contributed by atoms with E-state index in [0.717, 1.165) is 0 Å². The molecule has 0 unspecified atom stereocenters. The molecule has 3 heterocycles. The van der Waals surface area contributed by atoms with E-state index in [-0.39, 0.29) is 0 Å². The summed E-state index contributed by atoms with van der Waals surface area (Å²) in [4.78, 5) is 9.45. The third-order valence-corrected chi connectivity index (χ3v) is 4.71. The minimum absolute atomic E-state index is 1.19. The maximum Gasteiger partial charge on any atom is 0.210 e. The maximum absolute atomic E-state index is 8.64. The van der Waals surface area contributed by atoms with Gasteiger partial charge in [-0.1, -0.05) is 36.4 Å². The molecule has 0 fully saturated rings. The van der Waals surface area contributed by atoms with Crippen molar-refractivity contribution in [1.29, 1.82) is 0 Å². The first-order chi connectivity index (χ1) is 16.9. The second-order valence-corrected chi connectivity index (χ2v) is 9.77. The van der Waals surface area contributed by atoms with Gasteiger partial charge in [0.2, 0.25) is 16.6 Å². The SMILES string of the molecule is [O]=[Sb]([O-])([O-])[O-].c1ccc2[nH+]cccc2c1.c1ccc2[nH+]cccc2c1.c1ccc2[nH+]cccc2c1. The molecule has 0 spiro atoms. The second kappa shape index (κ2) is 13.3. The van der Waals surface area contributed by atoms with Gasteiger partial charge < -0.3 is 0 Å². The predicted molar refractivity (Wildman–Crippen MR) is 128 cm³/mol. The molecule has 0 amide bonds. The Bertz CT molecular complexity index is 1170. The van der Waals surface area contributed by atoms with Gasteiger partial charge in [-0.25, -0.2) is 15.0 Å². The fraction of sp³-hybridized carbons (Fsp3) is 0. The van der Waals surface area contributed by atoms with Crippen LogP contribution in [0.3, 0.4) is 0 Å². The number of benzene rings is 3. The Morgan fingerprint density at radius 3 is 0.914 bits per heavy atom. The van der Waals surface area contributed by atoms with Gasteiger partial charge in [0.05, 0.1) is 0 Å². The van der Waals surface area contributed by atoms with Crippen LogP contribution in [0.5, 0.6) is 0 Å². The average molecular weight is 576 g/mol. The van der Waals surface area contributed by atoms with Crippen LogP contribution in [-0.2, 0) is 3.02 Å². The normalized spacial score (nSPS) is 10.3. The third-order valence-electron chi connectivity index (χ3n) is 4.71. The fourth-order valence-electron chi connectivity index (χ4n) is 3.19. The van der Waals surface area contributed by atoms with Crippen LogP contribution in [0.1, 0.15) is 0 Å². The minimum atomic E-state index is -6.10. The zero-order chi connectivity index (χ0) is 24.9. The molecule has 0 aliphatic carbocycles. The molecule has 6 rings (SSSR count). The summed E-state index contributed by atoms with van der Waals surface area (Å²) in [6, 6.07) is 36.9. The van der Waals surface area contributed by atoms with E-state index in [4.69, 9.17) is 13.2 Å². The van der Waals surface area contributed by atoms with E-state index in [1.807, 2.05) is 73.2 Å². The number of para-hydroxylation sites is 3. The fourth-order valence-corrected chi connectivity index (χ4v) is 3.19. The first-order valence-electron chi connectivity index (χ1n) is 10.7. The van der Waals surface area contributed by atoms with Gasteiger partial charge in [0.25, 0.3) is 0 Å². The average Bonchev–Trinajstić information content (AvgIpc) is 2.89. The zero-order valence-electron chi connectivity index (χ0n) is 18.7. The van der Waals surface area contributed by atoms with Crippen LogP contribution in [0.2, 0.25) is 0 Å². The van der Waals surface area contributed by atoms with Gasteiger partial charge in [-0.3, -0.25) is 0 Å². The van der Waals surface area contributed by atoms with Crippen molar-refractivity contribution >= 4 is 52.8 Å². The molecule has 3 aromatic carbocycles. The molecule has 35 heavy (non-hydrogen) atoms. The Labute approximate surface area is 208 Å². The number of fused-ring (bicyclic) bond motifs is 3. The minimum Gasteiger partial charge on any atom is -0.211 e. The van der Waals surface area contributed by atoms with E-state index in [9.17, 15) is 0 Å². The smallest absolute Gasteiger partial charge is 0.210 e. The van der Waals surface area contributed by atoms with Crippen molar-refractivity contribution in [2.75, 3.05) is 0 Å². The molecular formula is C27H24N3O4Sb. The Morgan fingerprint density at radius 2 is 0.657 bits per heavy atom. The van der Waals surface area contributed by atoms with E-state index < -0.39 is 20.1 Å². The molecule has 6 aromatic rings. The number of H-pyrrole nitrogens is 3. The van der Waals surface area contributed by atoms with Gasteiger partial charge in [-0.15, -0.1) is 0 Å². The van der Waals surface area contributed by atoms with E-state index in [1.54, 1.807) is 0 Å². The van der Waals surface area contributed by atoms with Crippen LogP contribution in [-0.4, -0.2) is 20.1 Å². The van der Waals surface area contributed by atoms with E-state index in [2.05, 4.69) is 69.5 Å². The molecule has 7 nitrogen and oxygen atoms in total. The quantitative estimate of drug-likeness (QED) is 0.249. The number of aromatic nitrogens is 3. The molecule has 3 aromatic heterocycles. The van der Waals surface area contributed by atoms with Crippen molar-refractivity contribution < 1.29 is 28.1 Å². The Morgan fingerprint density at radius 1 is 0.429 bits per heavy atom. The van der Waals surface area contributed by atoms with Crippen LogP contribution in [0.15, 0.2) is 128 Å². The van der Waals surface area contributed by atoms with Crippen LogP contribution < -0.4 is 25.1 Å². The first kappa shape index (κ1) is 26.0. The van der Waals surface area contributed by atoms with Crippen LogP contribution >= 0.6 is 0 Å². The summed E-state index contributed by atoms with van der Waals surface area (Å²) in [6.07, 6.45) is 5.80. The molecule has 0 aliphatic rings. The molecule has 8 heteroatoms. The topological polar surface area (TPSA) is 129 Å². The number of pyridine rings is 3. The summed E-state index contributed by atoms with van der Waals surface area (Å²) in [7, 11) is 0. The molecule has 0 atom stereocenters. The molecule has 0 saturated heterocycles. The van der Waals surface area contributed by atoms with Crippen molar-refractivity contribution in [2.24, 2.45) is 0 Å². The van der Waals surface area contributed by atoms with Crippen LogP contribution in [0.4, 0.5) is 0 Å². The molecule has 3 N–H and O–H groups in total. The zero-order valence-corrected chi connectivity index (χ0v) is 21.3. The molecule has 0 bridgehead atoms. The summed E-state index contributed by atoms with van der Waals surface area (Å²) >= 11 is -6.10. The van der Waals surface area contributed by atoms with Crippen molar-refractivity contribution in [1.82, 2.24) is 0 Å². The van der Waals surface area contributed by atoms with Crippen molar-refractivity contribution in [3.8, 4) is 0 Å². The summed E-state index contributed by atoms with van der Waals surface area (Å²) in [5, 5.41) is 3.76.